The number of rotatable bonds is 4. The number of sulfone groups is 1. The van der Waals surface area contributed by atoms with Crippen molar-refractivity contribution in [3.05, 3.63) is 59.8 Å². The van der Waals surface area contributed by atoms with Gasteiger partial charge in [0.1, 0.15) is 11.3 Å². The van der Waals surface area contributed by atoms with Crippen molar-refractivity contribution in [2.45, 2.75) is 24.2 Å². The second-order valence-corrected chi connectivity index (χ2v) is 9.87. The smallest absolute Gasteiger partial charge is 0.310 e. The Hall–Kier alpha value is -3.48. The van der Waals surface area contributed by atoms with E-state index in [1.807, 2.05) is 0 Å². The maximum Gasteiger partial charge on any atom is 0.435 e. The van der Waals surface area contributed by atoms with Crippen LogP contribution in [0.2, 0.25) is 0 Å². The van der Waals surface area contributed by atoms with E-state index in [0.29, 0.717) is 11.1 Å². The Labute approximate surface area is 195 Å². The molecule has 0 saturated carbocycles. The number of imidazole rings is 1. The number of hydrogen-bond acceptors (Lipinski definition) is 5. The summed E-state index contributed by atoms with van der Waals surface area (Å²) < 4.78 is 105. The molecule has 0 unspecified atom stereocenters. The zero-order valence-electron chi connectivity index (χ0n) is 18.1. The maximum absolute atomic E-state index is 13.0. The van der Waals surface area contributed by atoms with Gasteiger partial charge in [0.2, 0.25) is 0 Å². The summed E-state index contributed by atoms with van der Waals surface area (Å²) in [5.41, 5.74) is -1.41. The van der Waals surface area contributed by atoms with Crippen LogP contribution >= 0.6 is 0 Å². The van der Waals surface area contributed by atoms with E-state index >= 15 is 0 Å². The molecule has 0 aliphatic rings. The molecule has 0 saturated heterocycles. The van der Waals surface area contributed by atoms with Gasteiger partial charge in [-0.2, -0.15) is 26.3 Å². The number of benzene rings is 2. The number of aromatic nitrogens is 4. The fourth-order valence-electron chi connectivity index (χ4n) is 3.52. The van der Waals surface area contributed by atoms with Crippen LogP contribution in [0.5, 0.6) is 0 Å². The van der Waals surface area contributed by atoms with Crippen molar-refractivity contribution in [2.75, 3.05) is 5.75 Å². The number of alkyl halides is 6. The van der Waals surface area contributed by atoms with Gasteiger partial charge in [-0.05, 0) is 35.4 Å². The van der Waals surface area contributed by atoms with E-state index in [2.05, 4.69) is 15.2 Å². The number of fused-ring (bicyclic) bond motifs is 1. The molecular formula is C22H16F6N4O2S. The van der Waals surface area contributed by atoms with Crippen molar-refractivity contribution < 1.29 is 34.8 Å². The van der Waals surface area contributed by atoms with Crippen LogP contribution in [0.25, 0.3) is 33.7 Å². The van der Waals surface area contributed by atoms with Crippen LogP contribution < -0.4 is 0 Å². The first-order valence-corrected chi connectivity index (χ1v) is 11.7. The average Bonchev–Trinajstić information content (AvgIpc) is 3.13. The van der Waals surface area contributed by atoms with Gasteiger partial charge >= 0.3 is 12.4 Å². The summed E-state index contributed by atoms with van der Waals surface area (Å²) in [5, 5.41) is 6.76. The zero-order valence-corrected chi connectivity index (χ0v) is 18.9. The number of aryl methyl sites for hydroxylation is 1. The minimum atomic E-state index is -4.74. The number of halogens is 6. The zero-order chi connectivity index (χ0) is 25.8. The van der Waals surface area contributed by atoms with Gasteiger partial charge in [-0.1, -0.05) is 25.1 Å². The minimum Gasteiger partial charge on any atom is -0.310 e. The van der Waals surface area contributed by atoms with E-state index in [1.54, 1.807) is 0 Å². The second-order valence-electron chi connectivity index (χ2n) is 7.62. The van der Waals surface area contributed by atoms with Crippen LogP contribution in [0.3, 0.4) is 0 Å². The van der Waals surface area contributed by atoms with E-state index in [-0.39, 0.29) is 33.2 Å². The van der Waals surface area contributed by atoms with E-state index in [9.17, 15) is 34.8 Å². The van der Waals surface area contributed by atoms with Crippen LogP contribution in [-0.2, 0) is 29.2 Å². The van der Waals surface area contributed by atoms with Gasteiger partial charge in [0.15, 0.2) is 21.2 Å². The summed E-state index contributed by atoms with van der Waals surface area (Å²) in [6.45, 7) is 1.42. The molecule has 2 aromatic carbocycles. The monoisotopic (exact) mass is 514 g/mol. The van der Waals surface area contributed by atoms with Crippen LogP contribution in [0.1, 0.15) is 18.2 Å². The normalized spacial score (nSPS) is 12.9. The molecule has 35 heavy (non-hydrogen) atoms. The van der Waals surface area contributed by atoms with E-state index in [0.717, 1.165) is 18.2 Å². The van der Waals surface area contributed by atoms with Crippen molar-refractivity contribution in [3.63, 3.8) is 0 Å². The quantitative estimate of drug-likeness (QED) is 0.335. The van der Waals surface area contributed by atoms with Crippen molar-refractivity contribution >= 4 is 21.0 Å². The Kier molecular flexibility index (Phi) is 5.86. The summed E-state index contributed by atoms with van der Waals surface area (Å²) in [4.78, 5) is 4.01. The van der Waals surface area contributed by atoms with Crippen molar-refractivity contribution in [1.29, 1.82) is 0 Å². The summed E-state index contributed by atoms with van der Waals surface area (Å²) in [6, 6.07) is 9.17. The van der Waals surface area contributed by atoms with E-state index in [1.165, 1.54) is 48.9 Å². The molecule has 13 heteroatoms. The Morgan fingerprint density at radius 1 is 0.857 bits per heavy atom. The Bertz CT molecular complexity index is 1520. The predicted molar refractivity (Wildman–Crippen MR) is 115 cm³/mol. The molecule has 184 valence electrons. The van der Waals surface area contributed by atoms with Gasteiger partial charge in [-0.3, -0.25) is 0 Å². The minimum absolute atomic E-state index is 0.0136. The maximum atomic E-state index is 13.0. The molecule has 0 bridgehead atoms. The van der Waals surface area contributed by atoms with Gasteiger partial charge in [-0.15, -0.1) is 10.2 Å². The van der Waals surface area contributed by atoms with Gasteiger partial charge in [0, 0.05) is 18.7 Å². The highest BCUT2D eigenvalue weighted by Crippen LogP contribution is 2.36. The molecule has 2 aromatic heterocycles. The van der Waals surface area contributed by atoms with Gasteiger partial charge < -0.3 is 4.57 Å². The van der Waals surface area contributed by atoms with Crippen molar-refractivity contribution in [2.24, 2.45) is 7.05 Å². The lowest BCUT2D eigenvalue weighted by molar-refractivity contribution is -0.141. The first-order chi connectivity index (χ1) is 16.2. The highest BCUT2D eigenvalue weighted by molar-refractivity contribution is 7.91. The average molecular weight is 514 g/mol. The van der Waals surface area contributed by atoms with Gasteiger partial charge in [0.05, 0.1) is 16.2 Å². The summed E-state index contributed by atoms with van der Waals surface area (Å²) >= 11 is 0. The largest absolute Gasteiger partial charge is 0.435 e. The molecule has 0 atom stereocenters. The number of nitrogens with zero attached hydrogens (tertiary/aromatic N) is 4. The fraction of sp³-hybridized carbons (Fsp3) is 0.227. The SMILES string of the molecule is CCS(=O)(=O)c1cc(-c2ccc(C(F)(F)F)cc2)ccc1-c1nc2cc(C(F)(F)F)nnc2n1C. The first-order valence-electron chi connectivity index (χ1n) is 10.0. The lowest BCUT2D eigenvalue weighted by atomic mass is 10.0. The molecule has 0 aliphatic carbocycles. The standard InChI is InChI=1S/C22H16F6N4O2S/c1-3-35(33,34)17-10-13(12-4-7-14(8-5-12)21(23,24)25)6-9-15(17)19-29-16-11-18(22(26,27)28)30-31-20(16)32(19)2/h4-11H,3H2,1-2H3. The second kappa shape index (κ2) is 8.33. The topological polar surface area (TPSA) is 77.7 Å². The Balaban J connectivity index is 1.88. The highest BCUT2D eigenvalue weighted by atomic mass is 32.2. The molecule has 6 nitrogen and oxygen atoms in total. The highest BCUT2D eigenvalue weighted by Gasteiger charge is 2.34. The van der Waals surface area contributed by atoms with Crippen LogP contribution in [0, 0.1) is 0 Å². The fourth-order valence-corrected chi connectivity index (χ4v) is 4.63. The number of hydrogen-bond donors (Lipinski definition) is 0. The Morgan fingerprint density at radius 2 is 1.49 bits per heavy atom. The summed E-state index contributed by atoms with van der Waals surface area (Å²) in [7, 11) is -2.42. The third kappa shape index (κ3) is 4.59. The van der Waals surface area contributed by atoms with Crippen LogP contribution in [-0.4, -0.2) is 33.9 Å². The van der Waals surface area contributed by atoms with Crippen LogP contribution in [0.4, 0.5) is 26.3 Å². The molecule has 4 aromatic rings. The van der Waals surface area contributed by atoms with Gasteiger partial charge in [0.25, 0.3) is 0 Å². The lowest BCUT2D eigenvalue weighted by Crippen LogP contribution is -2.09. The summed E-state index contributed by atoms with van der Waals surface area (Å²) in [6.07, 6.45) is -9.26. The van der Waals surface area contributed by atoms with Crippen molar-refractivity contribution in [1.82, 2.24) is 19.7 Å². The third-order valence-electron chi connectivity index (χ3n) is 5.39. The first kappa shape index (κ1) is 24.6. The lowest BCUT2D eigenvalue weighted by Gasteiger charge is -2.13. The van der Waals surface area contributed by atoms with E-state index in [4.69, 9.17) is 0 Å². The summed E-state index contributed by atoms with van der Waals surface area (Å²) in [5.74, 6) is -0.252. The molecule has 0 spiro atoms. The van der Waals surface area contributed by atoms with Crippen LogP contribution in [0.15, 0.2) is 53.4 Å². The molecule has 2 heterocycles. The molecule has 0 amide bonds. The van der Waals surface area contributed by atoms with Crippen molar-refractivity contribution in [3.8, 4) is 22.5 Å². The Morgan fingerprint density at radius 3 is 2.06 bits per heavy atom. The third-order valence-corrected chi connectivity index (χ3v) is 7.16. The molecule has 0 N–H and O–H groups in total. The molecule has 0 aliphatic heterocycles. The predicted octanol–water partition coefficient (Wildman–Crippen LogP) is 5.53. The molecule has 4 rings (SSSR count). The molecule has 0 fully saturated rings. The van der Waals surface area contributed by atoms with Gasteiger partial charge in [-0.25, -0.2) is 13.4 Å². The molecular weight excluding hydrogens is 498 g/mol. The van der Waals surface area contributed by atoms with E-state index < -0.39 is 33.4 Å². The molecule has 0 radical (unpaired) electrons.